The van der Waals surface area contributed by atoms with Crippen molar-refractivity contribution in [1.29, 1.82) is 0 Å². The molecule has 1 aliphatic carbocycles. The van der Waals surface area contributed by atoms with Crippen molar-refractivity contribution in [1.82, 2.24) is 10.1 Å². The molecule has 0 atom stereocenters. The first-order valence-corrected chi connectivity index (χ1v) is 7.25. The Bertz CT molecular complexity index is 620. The van der Waals surface area contributed by atoms with Crippen molar-refractivity contribution in [2.75, 3.05) is 0 Å². The lowest BCUT2D eigenvalue weighted by Gasteiger charge is -2.34. The third-order valence-electron chi connectivity index (χ3n) is 4.27. The van der Waals surface area contributed by atoms with Gasteiger partial charge in [-0.15, -0.1) is 12.4 Å². The van der Waals surface area contributed by atoms with Gasteiger partial charge in [0.05, 0.1) is 5.54 Å². The molecule has 5 heteroatoms. The first-order valence-electron chi connectivity index (χ1n) is 7.25. The number of aryl methyl sites for hydroxylation is 4. The molecule has 114 valence electrons. The third-order valence-corrected chi connectivity index (χ3v) is 4.27. The number of aromatic nitrogens is 2. The molecule has 0 amide bonds. The molecule has 1 fully saturated rings. The van der Waals surface area contributed by atoms with Gasteiger partial charge in [-0.2, -0.15) is 4.98 Å². The first kappa shape index (κ1) is 16.0. The zero-order chi connectivity index (χ0) is 14.2. The minimum absolute atomic E-state index is 0. The maximum Gasteiger partial charge on any atom is 0.227 e. The predicted octanol–water partition coefficient (Wildman–Crippen LogP) is 3.23. The van der Waals surface area contributed by atoms with Crippen LogP contribution < -0.4 is 5.73 Å². The first-order chi connectivity index (χ1) is 9.57. The second-order valence-electron chi connectivity index (χ2n) is 5.95. The summed E-state index contributed by atoms with van der Waals surface area (Å²) in [6, 6.07) is 6.53. The number of hydrogen-bond donors (Lipinski definition) is 1. The molecule has 0 bridgehead atoms. The largest absolute Gasteiger partial charge is 0.339 e. The van der Waals surface area contributed by atoms with Gasteiger partial charge in [0.15, 0.2) is 5.82 Å². The van der Waals surface area contributed by atoms with Gasteiger partial charge in [-0.1, -0.05) is 28.9 Å². The Hall–Kier alpha value is -1.39. The molecule has 0 saturated heterocycles. The zero-order valence-electron chi connectivity index (χ0n) is 12.6. The molecule has 1 aromatic carbocycles. The summed E-state index contributed by atoms with van der Waals surface area (Å²) in [4.78, 5) is 4.46. The molecular formula is C16H22ClN3O. The van der Waals surface area contributed by atoms with E-state index in [4.69, 9.17) is 10.3 Å². The van der Waals surface area contributed by atoms with E-state index in [1.807, 2.05) is 0 Å². The number of benzene rings is 1. The minimum atomic E-state index is -0.332. The van der Waals surface area contributed by atoms with E-state index >= 15 is 0 Å². The van der Waals surface area contributed by atoms with Crippen LogP contribution in [0.25, 0.3) is 0 Å². The van der Waals surface area contributed by atoms with Crippen molar-refractivity contribution in [3.8, 4) is 0 Å². The summed E-state index contributed by atoms with van der Waals surface area (Å²) in [6.07, 6.45) is 4.77. The Kier molecular flexibility index (Phi) is 4.69. The lowest BCUT2D eigenvalue weighted by Crippen LogP contribution is -2.44. The maximum atomic E-state index is 6.20. The molecule has 0 aliphatic heterocycles. The molecule has 4 nitrogen and oxygen atoms in total. The second kappa shape index (κ2) is 6.16. The molecule has 1 aromatic heterocycles. The van der Waals surface area contributed by atoms with Gasteiger partial charge in [0.2, 0.25) is 5.89 Å². The highest BCUT2D eigenvalue weighted by molar-refractivity contribution is 5.85. The van der Waals surface area contributed by atoms with E-state index in [0.29, 0.717) is 11.7 Å². The van der Waals surface area contributed by atoms with Crippen molar-refractivity contribution in [3.63, 3.8) is 0 Å². The summed E-state index contributed by atoms with van der Waals surface area (Å²) in [5, 5.41) is 4.05. The SMILES string of the molecule is Cc1ccc(CCc2nc(C3(N)CCC3)no2)c(C)c1.Cl. The van der Waals surface area contributed by atoms with Crippen LogP contribution in [-0.4, -0.2) is 10.1 Å². The van der Waals surface area contributed by atoms with E-state index in [-0.39, 0.29) is 17.9 Å². The van der Waals surface area contributed by atoms with Gasteiger partial charge >= 0.3 is 0 Å². The van der Waals surface area contributed by atoms with Crippen LogP contribution in [0.15, 0.2) is 22.7 Å². The van der Waals surface area contributed by atoms with Gasteiger partial charge in [-0.25, -0.2) is 0 Å². The Balaban J connectivity index is 0.00000161. The van der Waals surface area contributed by atoms with Crippen molar-refractivity contribution in [2.24, 2.45) is 5.73 Å². The molecule has 21 heavy (non-hydrogen) atoms. The van der Waals surface area contributed by atoms with Crippen LogP contribution in [0.4, 0.5) is 0 Å². The smallest absolute Gasteiger partial charge is 0.227 e. The predicted molar refractivity (Wildman–Crippen MR) is 84.6 cm³/mol. The van der Waals surface area contributed by atoms with E-state index in [0.717, 1.165) is 32.1 Å². The van der Waals surface area contributed by atoms with Crippen molar-refractivity contribution in [2.45, 2.75) is 51.5 Å². The van der Waals surface area contributed by atoms with Crippen molar-refractivity contribution < 1.29 is 4.52 Å². The van der Waals surface area contributed by atoms with Crippen LogP contribution in [0, 0.1) is 13.8 Å². The van der Waals surface area contributed by atoms with E-state index in [2.05, 4.69) is 42.2 Å². The van der Waals surface area contributed by atoms with Gasteiger partial charge in [0.25, 0.3) is 0 Å². The molecule has 2 N–H and O–H groups in total. The van der Waals surface area contributed by atoms with Crippen LogP contribution in [-0.2, 0) is 18.4 Å². The van der Waals surface area contributed by atoms with Crippen LogP contribution in [0.2, 0.25) is 0 Å². The number of nitrogens with two attached hydrogens (primary N) is 1. The molecular weight excluding hydrogens is 286 g/mol. The quantitative estimate of drug-likeness (QED) is 0.942. The van der Waals surface area contributed by atoms with Crippen LogP contribution in [0.3, 0.4) is 0 Å². The lowest BCUT2D eigenvalue weighted by atomic mass is 9.77. The Labute approximate surface area is 131 Å². The van der Waals surface area contributed by atoms with Crippen molar-refractivity contribution in [3.05, 3.63) is 46.6 Å². The highest BCUT2D eigenvalue weighted by atomic mass is 35.5. The summed E-state index contributed by atoms with van der Waals surface area (Å²) in [5.74, 6) is 1.37. The Morgan fingerprint density at radius 1 is 1.24 bits per heavy atom. The zero-order valence-corrected chi connectivity index (χ0v) is 13.4. The van der Waals surface area contributed by atoms with Gasteiger partial charge in [0, 0.05) is 6.42 Å². The average molecular weight is 308 g/mol. The molecule has 2 aromatic rings. The Morgan fingerprint density at radius 3 is 2.62 bits per heavy atom. The van der Waals surface area contributed by atoms with Crippen molar-refractivity contribution >= 4 is 12.4 Å². The normalized spacial score (nSPS) is 16.1. The van der Waals surface area contributed by atoms with E-state index in [9.17, 15) is 0 Å². The second-order valence-corrected chi connectivity index (χ2v) is 5.95. The fraction of sp³-hybridized carbons (Fsp3) is 0.500. The molecule has 1 saturated carbocycles. The summed E-state index contributed by atoms with van der Waals surface area (Å²) < 4.78 is 5.33. The van der Waals surface area contributed by atoms with Gasteiger partial charge in [0.1, 0.15) is 0 Å². The molecule has 1 aliphatic rings. The number of hydrogen-bond acceptors (Lipinski definition) is 4. The molecule has 3 rings (SSSR count). The number of halogens is 1. The fourth-order valence-electron chi connectivity index (χ4n) is 2.71. The lowest BCUT2D eigenvalue weighted by molar-refractivity contribution is 0.229. The van der Waals surface area contributed by atoms with Gasteiger partial charge < -0.3 is 10.3 Å². The Morgan fingerprint density at radius 2 is 2.00 bits per heavy atom. The summed E-state index contributed by atoms with van der Waals surface area (Å²) >= 11 is 0. The number of rotatable bonds is 4. The topological polar surface area (TPSA) is 64.9 Å². The highest BCUT2D eigenvalue weighted by Gasteiger charge is 2.38. The molecule has 0 unspecified atom stereocenters. The van der Waals surface area contributed by atoms with Crippen LogP contribution in [0.5, 0.6) is 0 Å². The molecule has 0 spiro atoms. The fourth-order valence-corrected chi connectivity index (χ4v) is 2.71. The van der Waals surface area contributed by atoms with E-state index in [1.165, 1.54) is 16.7 Å². The highest BCUT2D eigenvalue weighted by Crippen LogP contribution is 2.36. The van der Waals surface area contributed by atoms with Crippen LogP contribution in [0.1, 0.15) is 47.7 Å². The number of nitrogens with zero attached hydrogens (tertiary/aromatic N) is 2. The van der Waals surface area contributed by atoms with Gasteiger partial charge in [-0.3, -0.25) is 0 Å². The van der Waals surface area contributed by atoms with Crippen LogP contribution >= 0.6 is 12.4 Å². The maximum absolute atomic E-state index is 6.20. The standard InChI is InChI=1S/C16H21N3O.ClH/c1-11-4-5-13(12(2)10-11)6-7-14-18-15(19-20-14)16(17)8-3-9-16;/h4-5,10H,3,6-9,17H2,1-2H3;1H. The van der Waals surface area contributed by atoms with E-state index in [1.54, 1.807) is 0 Å². The van der Waals surface area contributed by atoms with E-state index < -0.39 is 0 Å². The summed E-state index contributed by atoms with van der Waals surface area (Å²) in [7, 11) is 0. The average Bonchev–Trinajstić information content (AvgIpc) is 2.84. The minimum Gasteiger partial charge on any atom is -0.339 e. The monoisotopic (exact) mass is 307 g/mol. The van der Waals surface area contributed by atoms with Gasteiger partial charge in [-0.05, 0) is 50.7 Å². The third kappa shape index (κ3) is 3.27. The molecule has 0 radical (unpaired) electrons. The summed E-state index contributed by atoms with van der Waals surface area (Å²) in [6.45, 7) is 4.26. The molecule has 1 heterocycles. The summed E-state index contributed by atoms with van der Waals surface area (Å²) in [5.41, 5.74) is 9.81.